The van der Waals surface area contributed by atoms with Crippen molar-refractivity contribution in [3.8, 4) is 5.75 Å². The predicted octanol–water partition coefficient (Wildman–Crippen LogP) is 5.46. The highest BCUT2D eigenvalue weighted by Gasteiger charge is 2.13. The Bertz CT molecular complexity index is 444. The molecule has 0 radical (unpaired) electrons. The smallest absolute Gasteiger partial charge is 0.122 e. The van der Waals surface area contributed by atoms with Crippen LogP contribution in [-0.4, -0.2) is 17.3 Å². The molecule has 0 aromatic heterocycles. The van der Waals surface area contributed by atoms with Gasteiger partial charge >= 0.3 is 0 Å². The van der Waals surface area contributed by atoms with Crippen LogP contribution in [0, 0.1) is 12.8 Å². The van der Waals surface area contributed by atoms with Crippen molar-refractivity contribution in [3.63, 3.8) is 0 Å². The number of hydrogen-bond donors (Lipinski definition) is 1. The molecule has 0 fully saturated rings. The fraction of sp³-hybridized carbons (Fsp3) is 0.700. The van der Waals surface area contributed by atoms with Gasteiger partial charge in [-0.3, -0.25) is 0 Å². The first kappa shape index (κ1) is 19.0. The van der Waals surface area contributed by atoms with Crippen LogP contribution in [0.25, 0.3) is 0 Å². The highest BCUT2D eigenvalue weighted by Crippen LogP contribution is 2.25. The van der Waals surface area contributed by atoms with Gasteiger partial charge in [-0.1, -0.05) is 45.7 Å². The molecule has 1 atom stereocenters. The van der Waals surface area contributed by atoms with Crippen molar-refractivity contribution in [1.82, 2.24) is 0 Å². The molecule has 0 amide bonds. The van der Waals surface area contributed by atoms with E-state index in [9.17, 15) is 5.11 Å². The Labute approximate surface area is 136 Å². The summed E-state index contributed by atoms with van der Waals surface area (Å²) in [6.45, 7) is 13.3. The Morgan fingerprint density at radius 1 is 1.14 bits per heavy atom. The van der Waals surface area contributed by atoms with Gasteiger partial charge in [-0.25, -0.2) is 0 Å². The lowest BCUT2D eigenvalue weighted by Gasteiger charge is -2.19. The van der Waals surface area contributed by atoms with Crippen LogP contribution in [0.4, 0.5) is 0 Å². The molecule has 1 aromatic carbocycles. The van der Waals surface area contributed by atoms with Gasteiger partial charge in [-0.2, -0.15) is 0 Å². The zero-order valence-electron chi connectivity index (χ0n) is 15.3. The fourth-order valence-electron chi connectivity index (χ4n) is 2.53. The summed E-state index contributed by atoms with van der Waals surface area (Å²) in [5.74, 6) is 2.19. The number of aliphatic hydroxyl groups is 1. The summed E-state index contributed by atoms with van der Waals surface area (Å²) >= 11 is 0. The zero-order valence-corrected chi connectivity index (χ0v) is 15.3. The molecule has 0 aliphatic heterocycles. The molecule has 0 spiro atoms. The molecule has 0 aliphatic carbocycles. The van der Waals surface area contributed by atoms with Crippen molar-refractivity contribution < 1.29 is 9.84 Å². The lowest BCUT2D eigenvalue weighted by Crippen LogP contribution is -2.18. The van der Waals surface area contributed by atoms with E-state index < -0.39 is 5.60 Å². The van der Waals surface area contributed by atoms with Crippen molar-refractivity contribution >= 4 is 0 Å². The van der Waals surface area contributed by atoms with Gasteiger partial charge in [0.2, 0.25) is 0 Å². The molecule has 1 N–H and O–H groups in total. The summed E-state index contributed by atoms with van der Waals surface area (Å²) in [5.41, 5.74) is 2.00. The number of aryl methyl sites for hydroxylation is 1. The molecule has 1 aromatic rings. The van der Waals surface area contributed by atoms with E-state index >= 15 is 0 Å². The lowest BCUT2D eigenvalue weighted by molar-refractivity contribution is 0.0667. The third-order valence-electron chi connectivity index (χ3n) is 4.23. The van der Waals surface area contributed by atoms with Crippen molar-refractivity contribution in [1.29, 1.82) is 0 Å². The average molecular weight is 306 g/mol. The quantitative estimate of drug-likeness (QED) is 0.656. The maximum atomic E-state index is 9.73. The normalized spacial score (nSPS) is 13.5. The minimum Gasteiger partial charge on any atom is -0.493 e. The SMILES string of the molecule is Cc1ccc(C(C)C)cc1OCCC(C)CCCC(C)(C)O. The van der Waals surface area contributed by atoms with E-state index in [1.165, 1.54) is 11.1 Å². The van der Waals surface area contributed by atoms with Gasteiger partial charge in [-0.05, 0) is 62.6 Å². The van der Waals surface area contributed by atoms with Gasteiger partial charge in [-0.15, -0.1) is 0 Å². The maximum absolute atomic E-state index is 9.73. The molecule has 0 saturated carbocycles. The van der Waals surface area contributed by atoms with Gasteiger partial charge in [0.15, 0.2) is 0 Å². The molecule has 0 aliphatic rings. The molecular formula is C20H34O2. The van der Waals surface area contributed by atoms with E-state index in [2.05, 4.69) is 45.9 Å². The number of benzene rings is 1. The van der Waals surface area contributed by atoms with Crippen molar-refractivity contribution in [2.45, 2.75) is 78.7 Å². The van der Waals surface area contributed by atoms with Crippen LogP contribution < -0.4 is 4.74 Å². The van der Waals surface area contributed by atoms with Crippen LogP contribution in [0.2, 0.25) is 0 Å². The molecular weight excluding hydrogens is 272 g/mol. The van der Waals surface area contributed by atoms with E-state index in [0.717, 1.165) is 38.0 Å². The van der Waals surface area contributed by atoms with Crippen LogP contribution in [0.1, 0.15) is 77.3 Å². The Balaban J connectivity index is 2.36. The van der Waals surface area contributed by atoms with E-state index in [4.69, 9.17) is 4.74 Å². The van der Waals surface area contributed by atoms with Crippen molar-refractivity contribution in [2.75, 3.05) is 6.61 Å². The third kappa shape index (κ3) is 7.31. The molecule has 0 saturated heterocycles. The summed E-state index contributed by atoms with van der Waals surface area (Å²) in [7, 11) is 0. The lowest BCUT2D eigenvalue weighted by atomic mass is 9.95. The number of hydrogen-bond acceptors (Lipinski definition) is 2. The monoisotopic (exact) mass is 306 g/mol. The summed E-state index contributed by atoms with van der Waals surface area (Å²) in [5, 5.41) is 9.73. The van der Waals surface area contributed by atoms with E-state index in [1.54, 1.807) is 0 Å². The van der Waals surface area contributed by atoms with Crippen LogP contribution in [0.15, 0.2) is 18.2 Å². The molecule has 0 bridgehead atoms. The van der Waals surface area contributed by atoms with E-state index in [-0.39, 0.29) is 0 Å². The summed E-state index contributed by atoms with van der Waals surface area (Å²) in [4.78, 5) is 0. The first-order chi connectivity index (χ1) is 10.2. The second-order valence-electron chi connectivity index (χ2n) is 7.63. The molecule has 2 heteroatoms. The van der Waals surface area contributed by atoms with Gasteiger partial charge in [0.05, 0.1) is 12.2 Å². The van der Waals surface area contributed by atoms with Crippen LogP contribution in [0.3, 0.4) is 0 Å². The van der Waals surface area contributed by atoms with Gasteiger partial charge < -0.3 is 9.84 Å². The van der Waals surface area contributed by atoms with Crippen molar-refractivity contribution in [3.05, 3.63) is 29.3 Å². The third-order valence-corrected chi connectivity index (χ3v) is 4.23. The number of ether oxygens (including phenoxy) is 1. The van der Waals surface area contributed by atoms with E-state index in [0.29, 0.717) is 11.8 Å². The minimum absolute atomic E-state index is 0.531. The highest BCUT2D eigenvalue weighted by molar-refractivity contribution is 5.37. The molecule has 22 heavy (non-hydrogen) atoms. The largest absolute Gasteiger partial charge is 0.493 e. The standard InChI is InChI=1S/C20H34O2/c1-15(2)18-10-9-17(4)19(14-18)22-13-11-16(3)8-7-12-20(5,6)21/h9-10,14-16,21H,7-8,11-13H2,1-6H3. The number of rotatable bonds is 9. The second-order valence-corrected chi connectivity index (χ2v) is 7.63. The highest BCUT2D eigenvalue weighted by atomic mass is 16.5. The zero-order chi connectivity index (χ0) is 16.8. The van der Waals surface area contributed by atoms with Crippen LogP contribution in [-0.2, 0) is 0 Å². The Morgan fingerprint density at radius 3 is 2.41 bits per heavy atom. The average Bonchev–Trinajstić information content (AvgIpc) is 2.39. The van der Waals surface area contributed by atoms with Crippen LogP contribution >= 0.6 is 0 Å². The Hall–Kier alpha value is -1.02. The summed E-state index contributed by atoms with van der Waals surface area (Å²) in [6.07, 6.45) is 4.16. The maximum Gasteiger partial charge on any atom is 0.122 e. The van der Waals surface area contributed by atoms with Crippen LogP contribution in [0.5, 0.6) is 5.75 Å². The predicted molar refractivity (Wildman–Crippen MR) is 94.7 cm³/mol. The second kappa shape index (κ2) is 8.57. The molecule has 0 heterocycles. The van der Waals surface area contributed by atoms with Gasteiger partial charge in [0.1, 0.15) is 5.75 Å². The molecule has 126 valence electrons. The van der Waals surface area contributed by atoms with Gasteiger partial charge in [0.25, 0.3) is 0 Å². The summed E-state index contributed by atoms with van der Waals surface area (Å²) < 4.78 is 6.00. The Kier molecular flexibility index (Phi) is 7.41. The molecule has 1 unspecified atom stereocenters. The first-order valence-corrected chi connectivity index (χ1v) is 8.65. The fourth-order valence-corrected chi connectivity index (χ4v) is 2.53. The summed E-state index contributed by atoms with van der Waals surface area (Å²) in [6, 6.07) is 6.52. The molecule has 1 rings (SSSR count). The first-order valence-electron chi connectivity index (χ1n) is 8.65. The topological polar surface area (TPSA) is 29.5 Å². The van der Waals surface area contributed by atoms with E-state index in [1.807, 2.05) is 13.8 Å². The Morgan fingerprint density at radius 2 is 1.82 bits per heavy atom. The minimum atomic E-state index is -0.537. The molecule has 2 nitrogen and oxygen atoms in total. The van der Waals surface area contributed by atoms with Gasteiger partial charge in [0, 0.05) is 0 Å². The van der Waals surface area contributed by atoms with Crippen molar-refractivity contribution in [2.24, 2.45) is 5.92 Å².